The van der Waals surface area contributed by atoms with E-state index in [4.69, 9.17) is 11.6 Å². The van der Waals surface area contributed by atoms with Crippen LogP contribution in [0.15, 0.2) is 15.9 Å². The second-order valence-electron chi connectivity index (χ2n) is 3.39. The highest BCUT2D eigenvalue weighted by molar-refractivity contribution is 9.11. The van der Waals surface area contributed by atoms with Gasteiger partial charge in [0.2, 0.25) is 9.47 Å². The number of rotatable bonds is 4. The van der Waals surface area contributed by atoms with Gasteiger partial charge in [0.25, 0.3) is 5.91 Å². The van der Waals surface area contributed by atoms with Gasteiger partial charge in [-0.05, 0) is 46.6 Å². The van der Waals surface area contributed by atoms with Gasteiger partial charge < -0.3 is 4.90 Å². The highest BCUT2D eigenvalue weighted by Crippen LogP contribution is 2.24. The number of thiophene rings is 1. The number of hydrogen-bond acceptors (Lipinski definition) is 5. The zero-order valence-corrected chi connectivity index (χ0v) is 13.4. The van der Waals surface area contributed by atoms with Crippen molar-refractivity contribution in [1.29, 1.82) is 0 Å². The first-order valence-electron chi connectivity index (χ1n) is 5.12. The van der Waals surface area contributed by atoms with Gasteiger partial charge in [-0.3, -0.25) is 4.79 Å². The molecule has 0 aliphatic rings. The quantitative estimate of drug-likeness (QED) is 0.829. The van der Waals surface area contributed by atoms with E-state index in [0.29, 0.717) is 18.1 Å². The molecule has 8 heteroatoms. The molecular weight excluding hydrogens is 358 g/mol. The highest BCUT2D eigenvalue weighted by Gasteiger charge is 2.19. The summed E-state index contributed by atoms with van der Waals surface area (Å²) in [5, 5.41) is 7.75. The number of halogens is 2. The number of amides is 1. The number of hydrogen-bond donors (Lipinski definition) is 0. The summed E-state index contributed by atoms with van der Waals surface area (Å²) in [7, 11) is 0. The highest BCUT2D eigenvalue weighted by atomic mass is 79.9. The fourth-order valence-electron chi connectivity index (χ4n) is 1.38. The molecule has 2 heterocycles. The third kappa shape index (κ3) is 3.28. The first-order chi connectivity index (χ1) is 8.60. The third-order valence-electron chi connectivity index (χ3n) is 2.23. The largest absolute Gasteiger partial charge is 0.332 e. The topological polar surface area (TPSA) is 46.1 Å². The lowest BCUT2D eigenvalue weighted by Crippen LogP contribution is -2.29. The van der Waals surface area contributed by atoms with Crippen LogP contribution in [-0.4, -0.2) is 27.5 Å². The molecule has 2 rings (SSSR count). The Hall–Kier alpha value is -0.500. The minimum atomic E-state index is -0.133. The van der Waals surface area contributed by atoms with Crippen LogP contribution in [0.3, 0.4) is 0 Å². The molecule has 4 nitrogen and oxygen atoms in total. The molecule has 2 aromatic heterocycles. The molecular formula is C10H9BrClN3OS2. The third-order valence-corrected chi connectivity index (χ3v) is 4.84. The number of nitrogens with zero attached hydrogens (tertiary/aromatic N) is 3. The molecule has 2 aromatic rings. The molecule has 1 amide bonds. The summed E-state index contributed by atoms with van der Waals surface area (Å²) in [5.41, 5.74) is 0. The maximum absolute atomic E-state index is 12.2. The lowest BCUT2D eigenvalue weighted by atomic mass is 10.4. The van der Waals surface area contributed by atoms with Crippen LogP contribution >= 0.6 is 50.2 Å². The van der Waals surface area contributed by atoms with Gasteiger partial charge in [-0.2, -0.15) is 0 Å². The van der Waals surface area contributed by atoms with Gasteiger partial charge in [0.15, 0.2) is 0 Å². The summed E-state index contributed by atoms with van der Waals surface area (Å²) in [6.07, 6.45) is 0. The Morgan fingerprint density at radius 2 is 2.22 bits per heavy atom. The molecule has 0 bridgehead atoms. The Labute approximate surface area is 126 Å². The van der Waals surface area contributed by atoms with Crippen molar-refractivity contribution in [3.8, 4) is 0 Å². The monoisotopic (exact) mass is 365 g/mol. The van der Waals surface area contributed by atoms with Crippen LogP contribution in [0.2, 0.25) is 4.47 Å². The molecule has 18 heavy (non-hydrogen) atoms. The molecule has 0 radical (unpaired) electrons. The van der Waals surface area contributed by atoms with Crippen molar-refractivity contribution in [1.82, 2.24) is 15.1 Å². The fourth-order valence-corrected chi connectivity index (χ4v) is 3.67. The molecule has 0 saturated heterocycles. The molecule has 0 aliphatic carbocycles. The molecule has 0 atom stereocenters. The molecule has 0 unspecified atom stereocenters. The van der Waals surface area contributed by atoms with E-state index in [1.54, 1.807) is 16.2 Å². The second-order valence-corrected chi connectivity index (χ2v) is 7.49. The average molecular weight is 367 g/mol. The SMILES string of the molecule is CCN(Cc1ccc(Br)s1)C(=O)c1nnc(Cl)s1. The summed E-state index contributed by atoms with van der Waals surface area (Å²) < 4.78 is 1.34. The van der Waals surface area contributed by atoms with E-state index in [-0.39, 0.29) is 10.4 Å². The molecule has 0 aromatic carbocycles. The zero-order valence-electron chi connectivity index (χ0n) is 9.39. The van der Waals surface area contributed by atoms with Crippen molar-refractivity contribution in [2.75, 3.05) is 6.54 Å². The average Bonchev–Trinajstić information content (AvgIpc) is 2.94. The van der Waals surface area contributed by atoms with Crippen molar-refractivity contribution < 1.29 is 4.79 Å². The first kappa shape index (κ1) is 13.9. The minimum absolute atomic E-state index is 0.133. The lowest BCUT2D eigenvalue weighted by Gasteiger charge is -2.18. The molecule has 0 aliphatic heterocycles. The van der Waals surface area contributed by atoms with Crippen molar-refractivity contribution in [3.05, 3.63) is 30.3 Å². The summed E-state index contributed by atoms with van der Waals surface area (Å²) >= 11 is 11.8. The molecule has 96 valence electrons. The smallest absolute Gasteiger partial charge is 0.285 e. The fraction of sp³-hybridized carbons (Fsp3) is 0.300. The molecule has 0 fully saturated rings. The van der Waals surface area contributed by atoms with Gasteiger partial charge >= 0.3 is 0 Å². The van der Waals surface area contributed by atoms with Crippen molar-refractivity contribution in [3.63, 3.8) is 0 Å². The van der Waals surface area contributed by atoms with E-state index < -0.39 is 0 Å². The van der Waals surface area contributed by atoms with E-state index in [1.165, 1.54) is 0 Å². The number of aromatic nitrogens is 2. The van der Waals surface area contributed by atoms with E-state index >= 15 is 0 Å². The summed E-state index contributed by atoms with van der Waals surface area (Å²) in [4.78, 5) is 15.0. The lowest BCUT2D eigenvalue weighted by molar-refractivity contribution is 0.0753. The van der Waals surface area contributed by atoms with Gasteiger partial charge in [0.1, 0.15) is 0 Å². The van der Waals surface area contributed by atoms with Gasteiger partial charge in [-0.25, -0.2) is 0 Å². The normalized spacial score (nSPS) is 10.6. The predicted molar refractivity (Wildman–Crippen MR) is 77.4 cm³/mol. The zero-order chi connectivity index (χ0) is 13.1. The standard InChI is InChI=1S/C10H9BrClN3OS2/c1-2-15(5-6-3-4-7(11)17-6)9(16)8-13-14-10(12)18-8/h3-4H,2,5H2,1H3. The van der Waals surface area contributed by atoms with Crippen LogP contribution in [-0.2, 0) is 6.54 Å². The van der Waals surface area contributed by atoms with Crippen LogP contribution in [0.1, 0.15) is 21.6 Å². The maximum atomic E-state index is 12.2. The van der Waals surface area contributed by atoms with Gasteiger partial charge in [-0.15, -0.1) is 21.5 Å². The van der Waals surface area contributed by atoms with Crippen LogP contribution in [0.25, 0.3) is 0 Å². The Bertz CT molecular complexity index is 557. The van der Waals surface area contributed by atoms with E-state index in [0.717, 1.165) is 20.0 Å². The number of carbonyl (C=O) groups excluding carboxylic acids is 1. The molecule has 0 N–H and O–H groups in total. The van der Waals surface area contributed by atoms with E-state index in [2.05, 4.69) is 26.1 Å². The van der Waals surface area contributed by atoms with Crippen LogP contribution < -0.4 is 0 Å². The Morgan fingerprint density at radius 3 is 2.72 bits per heavy atom. The second kappa shape index (κ2) is 6.10. The van der Waals surface area contributed by atoms with E-state index in [9.17, 15) is 4.79 Å². The Kier molecular flexibility index (Phi) is 4.71. The Balaban J connectivity index is 2.11. The summed E-state index contributed by atoms with van der Waals surface area (Å²) in [5.74, 6) is -0.133. The van der Waals surface area contributed by atoms with Crippen molar-refractivity contribution in [2.45, 2.75) is 13.5 Å². The molecule has 0 saturated carbocycles. The van der Waals surface area contributed by atoms with Gasteiger partial charge in [0.05, 0.1) is 10.3 Å². The van der Waals surface area contributed by atoms with Crippen molar-refractivity contribution >= 4 is 56.1 Å². The number of carbonyl (C=O) groups is 1. The van der Waals surface area contributed by atoms with Gasteiger partial charge in [0, 0.05) is 11.4 Å². The first-order valence-corrected chi connectivity index (χ1v) is 7.93. The van der Waals surface area contributed by atoms with Crippen LogP contribution in [0.4, 0.5) is 0 Å². The maximum Gasteiger partial charge on any atom is 0.285 e. The predicted octanol–water partition coefficient (Wildman–Crippen LogP) is 3.68. The van der Waals surface area contributed by atoms with Crippen molar-refractivity contribution in [2.24, 2.45) is 0 Å². The van der Waals surface area contributed by atoms with Crippen LogP contribution in [0.5, 0.6) is 0 Å². The van der Waals surface area contributed by atoms with Crippen LogP contribution in [0, 0.1) is 0 Å². The van der Waals surface area contributed by atoms with E-state index in [1.807, 2.05) is 19.1 Å². The Morgan fingerprint density at radius 1 is 1.44 bits per heavy atom. The summed E-state index contributed by atoms with van der Waals surface area (Å²) in [6, 6.07) is 3.97. The summed E-state index contributed by atoms with van der Waals surface area (Å²) in [6.45, 7) is 3.12. The minimum Gasteiger partial charge on any atom is -0.332 e. The molecule has 0 spiro atoms. The van der Waals surface area contributed by atoms with Gasteiger partial charge in [-0.1, -0.05) is 11.3 Å².